The van der Waals surface area contributed by atoms with Crippen LogP contribution in [0.4, 0.5) is 0 Å². The van der Waals surface area contributed by atoms with Crippen LogP contribution in [0.2, 0.25) is 0 Å². The zero-order valence-corrected chi connectivity index (χ0v) is 17.9. The van der Waals surface area contributed by atoms with E-state index < -0.39 is 0 Å². The van der Waals surface area contributed by atoms with Gasteiger partial charge in [-0.1, -0.05) is 137 Å². The molecule has 0 aromatic rings. The third-order valence-electron chi connectivity index (χ3n) is 5.72. The monoisotopic (exact) mass is 338 g/mol. The molecule has 0 aromatic heterocycles. The number of hydrogen-bond acceptors (Lipinski definition) is 0. The summed E-state index contributed by atoms with van der Waals surface area (Å²) in [6.07, 6.45) is 26.2. The molecule has 0 aliphatic rings. The van der Waals surface area contributed by atoms with Crippen molar-refractivity contribution < 1.29 is 0 Å². The van der Waals surface area contributed by atoms with Crippen LogP contribution in [0.25, 0.3) is 0 Å². The molecule has 0 radical (unpaired) electrons. The molecule has 0 saturated heterocycles. The summed E-state index contributed by atoms with van der Waals surface area (Å²) < 4.78 is 0. The standard InChI is InChI=1S/C24H50/c1-5-8-11-13-14-15-16-17-19-23(4)22-24(20-10-7-3)21-18-12-9-6-2/h23-24H,5-22H2,1-4H3. The van der Waals surface area contributed by atoms with Crippen molar-refractivity contribution in [1.82, 2.24) is 0 Å². The lowest BCUT2D eigenvalue weighted by Crippen LogP contribution is -2.07. The van der Waals surface area contributed by atoms with Crippen LogP contribution < -0.4 is 0 Å². The van der Waals surface area contributed by atoms with E-state index in [0.717, 1.165) is 11.8 Å². The van der Waals surface area contributed by atoms with Gasteiger partial charge in [0.25, 0.3) is 0 Å². The van der Waals surface area contributed by atoms with Crippen molar-refractivity contribution in [1.29, 1.82) is 0 Å². The first-order chi connectivity index (χ1) is 11.7. The predicted octanol–water partition coefficient (Wildman–Crippen LogP) is 9.32. The summed E-state index contributed by atoms with van der Waals surface area (Å²) in [6.45, 7) is 9.49. The van der Waals surface area contributed by atoms with Crippen LogP contribution in [-0.4, -0.2) is 0 Å². The lowest BCUT2D eigenvalue weighted by Gasteiger charge is -2.21. The van der Waals surface area contributed by atoms with Crippen molar-refractivity contribution in [2.75, 3.05) is 0 Å². The first-order valence-electron chi connectivity index (χ1n) is 11.7. The van der Waals surface area contributed by atoms with Gasteiger partial charge in [-0.05, 0) is 18.3 Å². The second-order valence-electron chi connectivity index (χ2n) is 8.46. The minimum Gasteiger partial charge on any atom is -0.0654 e. The topological polar surface area (TPSA) is 0 Å². The van der Waals surface area contributed by atoms with Gasteiger partial charge in [-0.3, -0.25) is 0 Å². The summed E-state index contributed by atoms with van der Waals surface area (Å²) in [5.41, 5.74) is 0. The van der Waals surface area contributed by atoms with Crippen LogP contribution in [0.15, 0.2) is 0 Å². The van der Waals surface area contributed by atoms with E-state index in [1.54, 1.807) is 0 Å². The number of hydrogen-bond donors (Lipinski definition) is 0. The molecule has 0 spiro atoms. The molecule has 0 bridgehead atoms. The Morgan fingerprint density at radius 3 is 1.46 bits per heavy atom. The second-order valence-corrected chi connectivity index (χ2v) is 8.46. The molecular formula is C24H50. The Morgan fingerprint density at radius 1 is 0.458 bits per heavy atom. The Morgan fingerprint density at radius 2 is 0.875 bits per heavy atom. The molecule has 0 amide bonds. The molecule has 2 unspecified atom stereocenters. The van der Waals surface area contributed by atoms with E-state index >= 15 is 0 Å². The molecule has 0 aliphatic heterocycles. The zero-order chi connectivity index (χ0) is 17.9. The molecule has 0 heterocycles. The normalized spacial score (nSPS) is 14.0. The van der Waals surface area contributed by atoms with Gasteiger partial charge in [0.15, 0.2) is 0 Å². The Bertz CT molecular complexity index is 220. The van der Waals surface area contributed by atoms with Crippen LogP contribution in [0, 0.1) is 11.8 Å². The van der Waals surface area contributed by atoms with Crippen LogP contribution >= 0.6 is 0 Å². The van der Waals surface area contributed by atoms with E-state index in [4.69, 9.17) is 0 Å². The molecule has 0 N–H and O–H groups in total. The Balaban J connectivity index is 3.69. The zero-order valence-electron chi connectivity index (χ0n) is 17.9. The van der Waals surface area contributed by atoms with Crippen molar-refractivity contribution in [3.8, 4) is 0 Å². The first kappa shape index (κ1) is 24.0. The molecule has 24 heavy (non-hydrogen) atoms. The van der Waals surface area contributed by atoms with E-state index in [1.165, 1.54) is 116 Å². The molecule has 0 fully saturated rings. The molecule has 0 heteroatoms. The lowest BCUT2D eigenvalue weighted by molar-refractivity contribution is 0.316. The average molecular weight is 339 g/mol. The fourth-order valence-electron chi connectivity index (χ4n) is 4.05. The Kier molecular flexibility index (Phi) is 19.3. The van der Waals surface area contributed by atoms with Gasteiger partial charge >= 0.3 is 0 Å². The van der Waals surface area contributed by atoms with Gasteiger partial charge in [-0.25, -0.2) is 0 Å². The fourth-order valence-corrected chi connectivity index (χ4v) is 4.05. The second kappa shape index (κ2) is 19.3. The minimum absolute atomic E-state index is 0.957. The van der Waals surface area contributed by atoms with E-state index in [-0.39, 0.29) is 0 Å². The molecular weight excluding hydrogens is 288 g/mol. The highest BCUT2D eigenvalue weighted by Gasteiger charge is 2.12. The van der Waals surface area contributed by atoms with Crippen LogP contribution in [0.1, 0.15) is 143 Å². The largest absolute Gasteiger partial charge is 0.0654 e. The SMILES string of the molecule is CCCCCCCCCCC(C)CC(CCCC)CCCCCC. The van der Waals surface area contributed by atoms with Crippen LogP contribution in [-0.2, 0) is 0 Å². The summed E-state index contributed by atoms with van der Waals surface area (Å²) >= 11 is 0. The Hall–Kier alpha value is 0. The average Bonchev–Trinajstić information content (AvgIpc) is 2.58. The molecule has 0 nitrogen and oxygen atoms in total. The van der Waals surface area contributed by atoms with Crippen molar-refractivity contribution in [2.24, 2.45) is 11.8 Å². The predicted molar refractivity (Wildman–Crippen MR) is 113 cm³/mol. The van der Waals surface area contributed by atoms with Gasteiger partial charge in [-0.2, -0.15) is 0 Å². The number of rotatable bonds is 19. The third-order valence-corrected chi connectivity index (χ3v) is 5.72. The van der Waals surface area contributed by atoms with Gasteiger partial charge in [0.1, 0.15) is 0 Å². The third kappa shape index (κ3) is 16.8. The van der Waals surface area contributed by atoms with Crippen LogP contribution in [0.5, 0.6) is 0 Å². The highest BCUT2D eigenvalue weighted by atomic mass is 14.2. The van der Waals surface area contributed by atoms with Gasteiger partial charge in [0.2, 0.25) is 0 Å². The Labute approximate surface area is 155 Å². The van der Waals surface area contributed by atoms with E-state index in [2.05, 4.69) is 27.7 Å². The lowest BCUT2D eigenvalue weighted by atomic mass is 9.85. The van der Waals surface area contributed by atoms with E-state index in [9.17, 15) is 0 Å². The highest BCUT2D eigenvalue weighted by molar-refractivity contribution is 4.65. The van der Waals surface area contributed by atoms with Gasteiger partial charge in [0, 0.05) is 0 Å². The fraction of sp³-hybridized carbons (Fsp3) is 1.00. The molecule has 2 atom stereocenters. The quantitative estimate of drug-likeness (QED) is 0.206. The first-order valence-corrected chi connectivity index (χ1v) is 11.7. The summed E-state index contributed by atoms with van der Waals surface area (Å²) in [7, 11) is 0. The molecule has 0 aromatic carbocycles. The summed E-state index contributed by atoms with van der Waals surface area (Å²) in [6, 6.07) is 0. The van der Waals surface area contributed by atoms with Crippen molar-refractivity contribution in [3.63, 3.8) is 0 Å². The van der Waals surface area contributed by atoms with E-state index in [1.807, 2.05) is 0 Å². The summed E-state index contributed by atoms with van der Waals surface area (Å²) in [5, 5.41) is 0. The number of unbranched alkanes of at least 4 members (excludes halogenated alkanes) is 11. The molecule has 0 aliphatic carbocycles. The maximum atomic E-state index is 2.52. The highest BCUT2D eigenvalue weighted by Crippen LogP contribution is 2.27. The van der Waals surface area contributed by atoms with Gasteiger partial charge in [0.05, 0.1) is 0 Å². The van der Waals surface area contributed by atoms with Crippen molar-refractivity contribution >= 4 is 0 Å². The van der Waals surface area contributed by atoms with Crippen LogP contribution in [0.3, 0.4) is 0 Å². The molecule has 0 saturated carbocycles. The van der Waals surface area contributed by atoms with Gasteiger partial charge < -0.3 is 0 Å². The van der Waals surface area contributed by atoms with Crippen molar-refractivity contribution in [2.45, 2.75) is 143 Å². The minimum atomic E-state index is 0.957. The smallest absolute Gasteiger partial charge is 0.0412 e. The summed E-state index contributed by atoms with van der Waals surface area (Å²) in [5.74, 6) is 1.98. The van der Waals surface area contributed by atoms with E-state index in [0.29, 0.717) is 0 Å². The van der Waals surface area contributed by atoms with Crippen molar-refractivity contribution in [3.05, 3.63) is 0 Å². The molecule has 146 valence electrons. The maximum Gasteiger partial charge on any atom is -0.0412 e. The molecule has 0 rings (SSSR count). The van der Waals surface area contributed by atoms with Gasteiger partial charge in [-0.15, -0.1) is 0 Å². The summed E-state index contributed by atoms with van der Waals surface area (Å²) in [4.78, 5) is 0. The maximum absolute atomic E-state index is 2.52.